The van der Waals surface area contributed by atoms with E-state index < -0.39 is 0 Å². The third-order valence-corrected chi connectivity index (χ3v) is 6.31. The standard InChI is InChI=1S/C20H19ClN2O2S2/c1-11-3-5-14-15(7-11)20(26)27-19(16(14)9-22)23-18(24)10-25-17-6-4-13(21)8-12(17)2/h4,6,8,11H,3,5,7,10H2,1-2H3,(H,23,24). The van der Waals surface area contributed by atoms with Gasteiger partial charge in [0.25, 0.3) is 5.91 Å². The summed E-state index contributed by atoms with van der Waals surface area (Å²) in [7, 11) is 0. The van der Waals surface area contributed by atoms with Crippen LogP contribution >= 0.6 is 35.2 Å². The zero-order valence-electron chi connectivity index (χ0n) is 15.1. The van der Waals surface area contributed by atoms with Gasteiger partial charge in [-0.05, 0) is 67.0 Å². The summed E-state index contributed by atoms with van der Waals surface area (Å²) in [5.74, 6) is 0.840. The topological polar surface area (TPSA) is 62.1 Å². The number of fused-ring (bicyclic) bond motifs is 1. The lowest BCUT2D eigenvalue weighted by Gasteiger charge is -2.23. The van der Waals surface area contributed by atoms with Crippen molar-refractivity contribution in [3.8, 4) is 11.8 Å². The zero-order chi connectivity index (χ0) is 19.6. The molecule has 2 aromatic rings. The maximum absolute atomic E-state index is 12.4. The predicted octanol–water partition coefficient (Wildman–Crippen LogP) is 5.45. The van der Waals surface area contributed by atoms with E-state index in [2.05, 4.69) is 18.3 Å². The Morgan fingerprint density at radius 1 is 1.48 bits per heavy atom. The molecule has 1 aromatic carbocycles. The van der Waals surface area contributed by atoms with E-state index in [0.717, 1.165) is 39.8 Å². The number of nitrogens with one attached hydrogen (secondary N) is 1. The molecule has 0 saturated carbocycles. The second-order valence-corrected chi connectivity index (χ2v) is 8.88. The van der Waals surface area contributed by atoms with Gasteiger partial charge in [-0.1, -0.05) is 30.7 Å². The van der Waals surface area contributed by atoms with Crippen molar-refractivity contribution < 1.29 is 9.53 Å². The van der Waals surface area contributed by atoms with E-state index in [0.29, 0.717) is 27.3 Å². The Balaban J connectivity index is 1.77. The van der Waals surface area contributed by atoms with Gasteiger partial charge < -0.3 is 10.1 Å². The lowest BCUT2D eigenvalue weighted by molar-refractivity contribution is -0.118. The summed E-state index contributed by atoms with van der Waals surface area (Å²) in [5.41, 5.74) is 3.47. The first kappa shape index (κ1) is 19.8. The summed E-state index contributed by atoms with van der Waals surface area (Å²) in [6.45, 7) is 3.91. The molecular formula is C20H19ClN2O2S2. The Bertz CT molecular complexity index is 995. The van der Waals surface area contributed by atoms with Crippen molar-refractivity contribution in [3.05, 3.63) is 49.3 Å². The number of amides is 1. The van der Waals surface area contributed by atoms with Crippen molar-refractivity contribution in [1.82, 2.24) is 0 Å². The fraction of sp³-hybridized carbons (Fsp3) is 0.350. The molecule has 1 unspecified atom stereocenters. The number of halogens is 1. The molecule has 0 radical (unpaired) electrons. The molecule has 140 valence electrons. The number of ether oxygens (including phenoxy) is 1. The third kappa shape index (κ3) is 4.49. The number of carbonyl (C=O) groups excluding carboxylic acids is 1. The fourth-order valence-corrected chi connectivity index (χ4v) is 4.86. The Morgan fingerprint density at radius 2 is 2.26 bits per heavy atom. The summed E-state index contributed by atoms with van der Waals surface area (Å²) in [5, 5.41) is 13.6. The van der Waals surface area contributed by atoms with Crippen LogP contribution in [-0.2, 0) is 17.6 Å². The average molecular weight is 419 g/mol. The fourth-order valence-electron chi connectivity index (χ4n) is 3.23. The van der Waals surface area contributed by atoms with Crippen molar-refractivity contribution >= 4 is 46.1 Å². The molecule has 1 aromatic heterocycles. The number of hydrogen-bond acceptors (Lipinski definition) is 5. The number of anilines is 1. The molecule has 0 spiro atoms. The van der Waals surface area contributed by atoms with Gasteiger partial charge in [0.15, 0.2) is 6.61 Å². The van der Waals surface area contributed by atoms with Crippen molar-refractivity contribution in [2.75, 3.05) is 11.9 Å². The van der Waals surface area contributed by atoms with E-state index >= 15 is 0 Å². The highest BCUT2D eigenvalue weighted by Crippen LogP contribution is 2.35. The van der Waals surface area contributed by atoms with E-state index in [9.17, 15) is 10.1 Å². The summed E-state index contributed by atoms with van der Waals surface area (Å²) >= 11 is 12.7. The monoisotopic (exact) mass is 418 g/mol. The molecule has 1 N–H and O–H groups in total. The molecule has 3 rings (SSSR count). The van der Waals surface area contributed by atoms with Crippen LogP contribution in [0.25, 0.3) is 0 Å². The molecule has 0 fully saturated rings. The molecular weight excluding hydrogens is 400 g/mol. The lowest BCUT2D eigenvalue weighted by atomic mass is 9.85. The van der Waals surface area contributed by atoms with Crippen molar-refractivity contribution in [2.24, 2.45) is 5.92 Å². The molecule has 4 nitrogen and oxygen atoms in total. The van der Waals surface area contributed by atoms with Crippen LogP contribution in [0.5, 0.6) is 5.75 Å². The smallest absolute Gasteiger partial charge is 0.262 e. The van der Waals surface area contributed by atoms with Crippen LogP contribution < -0.4 is 10.1 Å². The van der Waals surface area contributed by atoms with Gasteiger partial charge in [-0.2, -0.15) is 5.26 Å². The molecule has 1 aliphatic rings. The van der Waals surface area contributed by atoms with Crippen LogP contribution in [-0.4, -0.2) is 12.5 Å². The van der Waals surface area contributed by atoms with Crippen molar-refractivity contribution in [3.63, 3.8) is 0 Å². The number of hydrogen-bond donors (Lipinski definition) is 1. The van der Waals surface area contributed by atoms with Gasteiger partial charge in [0.1, 0.15) is 16.8 Å². The largest absolute Gasteiger partial charge is 0.483 e. The number of benzene rings is 1. The second kappa shape index (κ2) is 8.39. The molecule has 27 heavy (non-hydrogen) atoms. The Morgan fingerprint density at radius 3 is 2.96 bits per heavy atom. The first-order valence-electron chi connectivity index (χ1n) is 8.66. The molecule has 1 amide bonds. The minimum atomic E-state index is -0.323. The number of rotatable bonds is 4. The van der Waals surface area contributed by atoms with Crippen LogP contribution in [0.2, 0.25) is 5.02 Å². The van der Waals surface area contributed by atoms with Crippen LogP contribution in [0, 0.1) is 28.0 Å². The summed E-state index contributed by atoms with van der Waals surface area (Å²) in [6.07, 6.45) is 2.74. The van der Waals surface area contributed by atoms with Gasteiger partial charge in [0, 0.05) is 5.02 Å². The molecule has 1 heterocycles. The van der Waals surface area contributed by atoms with E-state index in [1.165, 1.54) is 11.3 Å². The van der Waals surface area contributed by atoms with E-state index in [1.54, 1.807) is 18.2 Å². The maximum Gasteiger partial charge on any atom is 0.262 e. The van der Waals surface area contributed by atoms with Crippen LogP contribution in [0.3, 0.4) is 0 Å². The van der Waals surface area contributed by atoms with Gasteiger partial charge in [-0.3, -0.25) is 4.79 Å². The van der Waals surface area contributed by atoms with E-state index in [1.807, 2.05) is 6.92 Å². The highest BCUT2D eigenvalue weighted by Gasteiger charge is 2.23. The summed E-state index contributed by atoms with van der Waals surface area (Å²) in [4.78, 5) is 12.4. The minimum Gasteiger partial charge on any atom is -0.483 e. The molecule has 0 bridgehead atoms. The number of nitriles is 1. The van der Waals surface area contributed by atoms with Crippen LogP contribution in [0.4, 0.5) is 5.00 Å². The van der Waals surface area contributed by atoms with Gasteiger partial charge in [0.05, 0.1) is 9.39 Å². The number of aryl methyl sites for hydroxylation is 1. The molecule has 1 aliphatic carbocycles. The van der Waals surface area contributed by atoms with Gasteiger partial charge in [-0.25, -0.2) is 0 Å². The van der Waals surface area contributed by atoms with Gasteiger partial charge in [0.2, 0.25) is 0 Å². The van der Waals surface area contributed by atoms with Crippen LogP contribution in [0.1, 0.15) is 35.6 Å². The molecule has 1 atom stereocenters. The Hall–Kier alpha value is -1.94. The maximum atomic E-state index is 12.4. The molecule has 7 heteroatoms. The minimum absolute atomic E-state index is 0.152. The average Bonchev–Trinajstić information content (AvgIpc) is 2.62. The highest BCUT2D eigenvalue weighted by molar-refractivity contribution is 7.73. The first-order valence-corrected chi connectivity index (χ1v) is 10.3. The predicted molar refractivity (Wildman–Crippen MR) is 111 cm³/mol. The van der Waals surface area contributed by atoms with Crippen molar-refractivity contribution in [2.45, 2.75) is 33.1 Å². The third-order valence-electron chi connectivity index (χ3n) is 4.63. The normalized spacial score (nSPS) is 15.6. The molecule has 0 aliphatic heterocycles. The summed E-state index contributed by atoms with van der Waals surface area (Å²) < 4.78 is 6.33. The van der Waals surface area contributed by atoms with E-state index in [-0.39, 0.29) is 12.5 Å². The number of carbonyl (C=O) groups is 1. The summed E-state index contributed by atoms with van der Waals surface area (Å²) in [6, 6.07) is 7.48. The Kier molecular flexibility index (Phi) is 6.15. The molecule has 0 saturated heterocycles. The van der Waals surface area contributed by atoms with Gasteiger partial charge in [-0.15, -0.1) is 11.3 Å². The lowest BCUT2D eigenvalue weighted by Crippen LogP contribution is -2.21. The zero-order valence-corrected chi connectivity index (χ0v) is 17.5. The quantitative estimate of drug-likeness (QED) is 0.670. The number of nitrogens with zero attached hydrogens (tertiary/aromatic N) is 1. The SMILES string of the molecule is Cc1cc(Cl)ccc1OCC(=O)Nc1sc(=S)c2c(c1C#N)CCC(C)C2. The highest BCUT2D eigenvalue weighted by atomic mass is 35.5. The van der Waals surface area contributed by atoms with Crippen molar-refractivity contribution in [1.29, 1.82) is 5.26 Å². The van der Waals surface area contributed by atoms with Gasteiger partial charge >= 0.3 is 0 Å². The Labute approximate surface area is 172 Å². The van der Waals surface area contributed by atoms with E-state index in [4.69, 9.17) is 28.6 Å². The second-order valence-electron chi connectivity index (χ2n) is 6.76. The van der Waals surface area contributed by atoms with Crippen LogP contribution in [0.15, 0.2) is 18.2 Å². The first-order chi connectivity index (χ1) is 12.9.